The molecule has 1 fully saturated rings. The zero-order valence-corrected chi connectivity index (χ0v) is 11.6. The quantitative estimate of drug-likeness (QED) is 0.818. The van der Waals surface area contributed by atoms with E-state index in [9.17, 15) is 4.79 Å². The Bertz CT molecular complexity index is 287. The summed E-state index contributed by atoms with van der Waals surface area (Å²) in [5.41, 5.74) is 4.96. The lowest BCUT2D eigenvalue weighted by molar-refractivity contribution is -0.283. The highest BCUT2D eigenvalue weighted by molar-refractivity contribution is 5.79. The van der Waals surface area contributed by atoms with Gasteiger partial charge in [-0.1, -0.05) is 6.92 Å². The van der Waals surface area contributed by atoms with E-state index in [4.69, 9.17) is 10.6 Å². The topological polar surface area (TPSA) is 55.6 Å². The molecule has 1 saturated heterocycles. The molecule has 1 rings (SSSR count). The smallest absolute Gasteiger partial charge is 0.222 e. The lowest BCUT2D eigenvalue weighted by atomic mass is 9.73. The Morgan fingerprint density at radius 1 is 1.47 bits per heavy atom. The molecule has 1 aliphatic heterocycles. The summed E-state index contributed by atoms with van der Waals surface area (Å²) in [4.78, 5) is 17.4. The first-order chi connectivity index (χ1) is 7.73. The highest BCUT2D eigenvalue weighted by atomic mass is 16.7. The number of primary amides is 1. The van der Waals surface area contributed by atoms with Crippen LogP contribution >= 0.6 is 0 Å². The fraction of sp³-hybridized carbons (Fsp3) is 0.846. The summed E-state index contributed by atoms with van der Waals surface area (Å²) >= 11 is 0. The fourth-order valence-electron chi connectivity index (χ4n) is 2.67. The van der Waals surface area contributed by atoms with Gasteiger partial charge in [-0.05, 0) is 47.0 Å². The first-order valence-electron chi connectivity index (χ1n) is 6.29. The van der Waals surface area contributed by atoms with E-state index < -0.39 is 5.54 Å². The van der Waals surface area contributed by atoms with Gasteiger partial charge >= 0.3 is 0 Å². The molecule has 99 valence electrons. The molecule has 1 radical (unpaired) electrons. The largest absolute Gasteiger partial charge is 0.369 e. The van der Waals surface area contributed by atoms with Gasteiger partial charge in [0.15, 0.2) is 0 Å². The van der Waals surface area contributed by atoms with Gasteiger partial charge in [0.1, 0.15) is 0 Å². The van der Waals surface area contributed by atoms with Crippen LogP contribution in [0.15, 0.2) is 0 Å². The molecule has 1 unspecified atom stereocenters. The van der Waals surface area contributed by atoms with E-state index in [-0.39, 0.29) is 17.4 Å². The molecular formula is C13H25N2O2. The Hall–Kier alpha value is -0.610. The van der Waals surface area contributed by atoms with Crippen molar-refractivity contribution < 1.29 is 9.63 Å². The molecule has 4 nitrogen and oxygen atoms in total. The number of nitrogens with two attached hydrogens (primary N) is 1. The number of nitrogens with zero attached hydrogens (tertiary/aromatic N) is 1. The molecule has 1 atom stereocenters. The van der Waals surface area contributed by atoms with Gasteiger partial charge in [-0.2, -0.15) is 5.06 Å². The average Bonchev–Trinajstić information content (AvgIpc) is 2.14. The number of carbonyl (C=O) groups excluding carboxylic acids is 1. The third kappa shape index (κ3) is 2.80. The zero-order chi connectivity index (χ0) is 13.3. The first kappa shape index (κ1) is 14.5. The van der Waals surface area contributed by atoms with Crippen LogP contribution in [0.25, 0.3) is 0 Å². The van der Waals surface area contributed by atoms with Crippen molar-refractivity contribution in [1.29, 1.82) is 0 Å². The Morgan fingerprint density at radius 3 is 2.53 bits per heavy atom. The predicted octanol–water partition coefficient (Wildman–Crippen LogP) is 1.90. The number of hydrogen-bond acceptors (Lipinski definition) is 3. The van der Waals surface area contributed by atoms with Crippen LogP contribution in [0.2, 0.25) is 0 Å². The van der Waals surface area contributed by atoms with E-state index in [2.05, 4.69) is 20.8 Å². The van der Waals surface area contributed by atoms with Crippen LogP contribution in [0.1, 0.15) is 47.5 Å². The van der Waals surface area contributed by atoms with Crippen molar-refractivity contribution in [3.8, 4) is 0 Å². The number of hydrogen-bond donors (Lipinski definition) is 1. The van der Waals surface area contributed by atoms with Gasteiger partial charge in [-0.25, -0.2) is 0 Å². The monoisotopic (exact) mass is 241 g/mol. The molecule has 0 aromatic heterocycles. The van der Waals surface area contributed by atoms with E-state index in [1.807, 2.05) is 25.3 Å². The van der Waals surface area contributed by atoms with Gasteiger partial charge < -0.3 is 5.73 Å². The first-order valence-corrected chi connectivity index (χ1v) is 6.29. The van der Waals surface area contributed by atoms with Crippen LogP contribution in [-0.4, -0.2) is 28.7 Å². The van der Waals surface area contributed by atoms with Gasteiger partial charge in [-0.15, -0.1) is 0 Å². The van der Waals surface area contributed by atoms with Crippen LogP contribution in [0.3, 0.4) is 0 Å². The summed E-state index contributed by atoms with van der Waals surface area (Å²) in [6.45, 7) is 11.0. The summed E-state index contributed by atoms with van der Waals surface area (Å²) in [7, 11) is 0. The highest BCUT2D eigenvalue weighted by Crippen LogP contribution is 2.41. The molecule has 0 aromatic carbocycles. The van der Waals surface area contributed by atoms with Gasteiger partial charge in [0, 0.05) is 5.54 Å². The van der Waals surface area contributed by atoms with E-state index in [1.54, 1.807) is 0 Å². The van der Waals surface area contributed by atoms with E-state index in [0.717, 1.165) is 12.8 Å². The minimum absolute atomic E-state index is 0.107. The van der Waals surface area contributed by atoms with Crippen molar-refractivity contribution in [2.75, 3.05) is 6.61 Å². The fourth-order valence-corrected chi connectivity index (χ4v) is 2.67. The molecule has 1 aliphatic rings. The number of carbonyl (C=O) groups is 1. The van der Waals surface area contributed by atoms with Crippen molar-refractivity contribution in [2.24, 2.45) is 11.7 Å². The SMILES string of the molecule is CCCON1C(C)(C)C[CH]C(C(N)=O)C1(C)C. The second kappa shape index (κ2) is 4.94. The van der Waals surface area contributed by atoms with Crippen LogP contribution in [0.5, 0.6) is 0 Å². The molecule has 1 amide bonds. The maximum atomic E-state index is 11.5. The summed E-state index contributed by atoms with van der Waals surface area (Å²) < 4.78 is 0. The molecule has 0 spiro atoms. The van der Waals surface area contributed by atoms with E-state index >= 15 is 0 Å². The molecule has 2 N–H and O–H groups in total. The summed E-state index contributed by atoms with van der Waals surface area (Å²) in [5, 5.41) is 1.96. The average molecular weight is 241 g/mol. The number of piperidine rings is 1. The summed E-state index contributed by atoms with van der Waals surface area (Å²) in [5.74, 6) is -0.553. The minimum Gasteiger partial charge on any atom is -0.369 e. The maximum Gasteiger partial charge on any atom is 0.222 e. The summed E-state index contributed by atoms with van der Waals surface area (Å²) in [6, 6.07) is 0. The standard InChI is InChI=1S/C13H25N2O2/c1-6-9-17-15-12(2,3)8-7-10(11(14)16)13(15,4)5/h7,10H,6,8-9H2,1-5H3,(H2,14,16). The van der Waals surface area contributed by atoms with Crippen LogP contribution in [-0.2, 0) is 9.63 Å². The maximum absolute atomic E-state index is 11.5. The molecule has 1 heterocycles. The van der Waals surface area contributed by atoms with Crippen LogP contribution in [0, 0.1) is 12.3 Å². The molecular weight excluding hydrogens is 216 g/mol. The third-order valence-corrected chi connectivity index (χ3v) is 3.42. The van der Waals surface area contributed by atoms with E-state index in [0.29, 0.717) is 6.61 Å². The Morgan fingerprint density at radius 2 is 2.06 bits per heavy atom. The van der Waals surface area contributed by atoms with Gasteiger partial charge in [0.05, 0.1) is 18.1 Å². The molecule has 0 saturated carbocycles. The van der Waals surface area contributed by atoms with Gasteiger partial charge in [0.2, 0.25) is 5.91 Å². The second-order valence-electron chi connectivity index (χ2n) is 5.91. The molecule has 0 bridgehead atoms. The Labute approximate surface area is 104 Å². The number of rotatable bonds is 4. The molecule has 0 aromatic rings. The second-order valence-corrected chi connectivity index (χ2v) is 5.91. The van der Waals surface area contributed by atoms with E-state index in [1.165, 1.54) is 0 Å². The van der Waals surface area contributed by atoms with Crippen molar-refractivity contribution in [1.82, 2.24) is 5.06 Å². The Kier molecular flexibility index (Phi) is 4.20. The normalized spacial score (nSPS) is 27.9. The predicted molar refractivity (Wildman–Crippen MR) is 67.8 cm³/mol. The van der Waals surface area contributed by atoms with Crippen LogP contribution in [0.4, 0.5) is 0 Å². The zero-order valence-electron chi connectivity index (χ0n) is 11.6. The molecule has 4 heteroatoms. The van der Waals surface area contributed by atoms with Crippen molar-refractivity contribution >= 4 is 5.91 Å². The van der Waals surface area contributed by atoms with Crippen LogP contribution < -0.4 is 5.73 Å². The minimum atomic E-state index is -0.400. The number of amides is 1. The Balaban J connectivity index is 2.95. The van der Waals surface area contributed by atoms with Crippen molar-refractivity contribution in [3.05, 3.63) is 6.42 Å². The number of hydroxylamine groups is 2. The van der Waals surface area contributed by atoms with Crippen molar-refractivity contribution in [3.63, 3.8) is 0 Å². The van der Waals surface area contributed by atoms with Crippen molar-refractivity contribution in [2.45, 2.75) is 58.5 Å². The van der Waals surface area contributed by atoms with Gasteiger partial charge in [0.25, 0.3) is 0 Å². The lowest BCUT2D eigenvalue weighted by Gasteiger charge is -2.54. The molecule has 17 heavy (non-hydrogen) atoms. The summed E-state index contributed by atoms with van der Waals surface area (Å²) in [6.07, 6.45) is 3.77. The third-order valence-electron chi connectivity index (χ3n) is 3.42. The molecule has 0 aliphatic carbocycles. The van der Waals surface area contributed by atoms with Gasteiger partial charge in [-0.3, -0.25) is 9.63 Å². The lowest BCUT2D eigenvalue weighted by Crippen LogP contribution is -2.64. The highest BCUT2D eigenvalue weighted by Gasteiger charge is 2.50.